The van der Waals surface area contributed by atoms with Crippen molar-refractivity contribution in [2.75, 3.05) is 18.9 Å². The van der Waals surface area contributed by atoms with Gasteiger partial charge in [-0.25, -0.2) is 13.4 Å². The van der Waals surface area contributed by atoms with Crippen LogP contribution in [0.5, 0.6) is 0 Å². The van der Waals surface area contributed by atoms with Gasteiger partial charge in [-0.2, -0.15) is 0 Å². The van der Waals surface area contributed by atoms with Crippen molar-refractivity contribution in [2.24, 2.45) is 5.92 Å². The minimum Gasteiger partial charge on any atom is -0.395 e. The van der Waals surface area contributed by atoms with Gasteiger partial charge in [0.05, 0.1) is 17.3 Å². The molecule has 1 saturated carbocycles. The van der Waals surface area contributed by atoms with Crippen LogP contribution in [0.2, 0.25) is 0 Å². The van der Waals surface area contributed by atoms with Gasteiger partial charge in [-0.1, -0.05) is 37.5 Å². The summed E-state index contributed by atoms with van der Waals surface area (Å²) in [7, 11) is -3.33. The quantitative estimate of drug-likeness (QED) is 0.775. The Kier molecular flexibility index (Phi) is 6.49. The molecule has 1 aliphatic carbocycles. The standard InChI is InChI=1S/C19H30N2O3S/c22-14-17-10-7-13-21(17)20-19(16-8-3-1-4-9-16)15-25(23,24)18-11-5-2-6-12-18/h2,5-6,11-12,16-17,19-20,22H,1,3-4,7-10,13-15H2/t17-,19-/m0/s1. The van der Waals surface area contributed by atoms with Crippen LogP contribution in [0.25, 0.3) is 0 Å². The van der Waals surface area contributed by atoms with Crippen LogP contribution >= 0.6 is 0 Å². The van der Waals surface area contributed by atoms with E-state index in [9.17, 15) is 13.5 Å². The van der Waals surface area contributed by atoms with Crippen molar-refractivity contribution in [1.29, 1.82) is 0 Å². The van der Waals surface area contributed by atoms with Crippen molar-refractivity contribution < 1.29 is 13.5 Å². The van der Waals surface area contributed by atoms with E-state index in [0.717, 1.165) is 32.2 Å². The predicted octanol–water partition coefficient (Wildman–Crippen LogP) is 2.37. The van der Waals surface area contributed by atoms with Crippen LogP contribution in [0.3, 0.4) is 0 Å². The number of aliphatic hydroxyl groups excluding tert-OH is 1. The van der Waals surface area contributed by atoms with Gasteiger partial charge in [-0.15, -0.1) is 0 Å². The summed E-state index contributed by atoms with van der Waals surface area (Å²) in [4.78, 5) is 0.401. The van der Waals surface area contributed by atoms with Crippen LogP contribution in [-0.4, -0.2) is 49.5 Å². The van der Waals surface area contributed by atoms with Crippen molar-refractivity contribution in [3.8, 4) is 0 Å². The third kappa shape index (κ3) is 4.82. The molecule has 0 aromatic heterocycles. The topological polar surface area (TPSA) is 69.6 Å². The number of nitrogens with one attached hydrogen (secondary N) is 1. The summed E-state index contributed by atoms with van der Waals surface area (Å²) in [5.41, 5.74) is 3.51. The molecule has 2 N–H and O–H groups in total. The van der Waals surface area contributed by atoms with E-state index in [1.165, 1.54) is 19.3 Å². The Morgan fingerprint density at radius 1 is 1.08 bits per heavy atom. The zero-order chi connectivity index (χ0) is 17.7. The maximum atomic E-state index is 12.9. The number of rotatable bonds is 7. The first-order valence-corrected chi connectivity index (χ1v) is 11.2. The Morgan fingerprint density at radius 2 is 1.80 bits per heavy atom. The maximum absolute atomic E-state index is 12.9. The third-order valence-corrected chi connectivity index (χ3v) is 7.43. The number of benzene rings is 1. The summed E-state index contributed by atoms with van der Waals surface area (Å²) >= 11 is 0. The lowest BCUT2D eigenvalue weighted by molar-refractivity contribution is 0.0786. The monoisotopic (exact) mass is 366 g/mol. The molecule has 1 heterocycles. The Morgan fingerprint density at radius 3 is 2.48 bits per heavy atom. The van der Waals surface area contributed by atoms with Gasteiger partial charge in [0.15, 0.2) is 9.84 Å². The van der Waals surface area contributed by atoms with Gasteiger partial charge < -0.3 is 5.11 Å². The molecule has 1 aromatic carbocycles. The van der Waals surface area contributed by atoms with Crippen LogP contribution < -0.4 is 5.43 Å². The van der Waals surface area contributed by atoms with E-state index in [0.29, 0.717) is 10.8 Å². The van der Waals surface area contributed by atoms with Gasteiger partial charge in [0, 0.05) is 18.6 Å². The molecule has 3 rings (SSSR count). The zero-order valence-electron chi connectivity index (χ0n) is 14.8. The molecule has 2 atom stereocenters. The van der Waals surface area contributed by atoms with Gasteiger partial charge in [-0.05, 0) is 43.7 Å². The van der Waals surface area contributed by atoms with E-state index in [1.807, 2.05) is 6.07 Å². The highest BCUT2D eigenvalue weighted by atomic mass is 32.2. The summed E-state index contributed by atoms with van der Waals surface area (Å²) < 4.78 is 25.8. The van der Waals surface area contributed by atoms with Crippen molar-refractivity contribution in [3.05, 3.63) is 30.3 Å². The molecule has 1 aliphatic heterocycles. The fraction of sp³-hybridized carbons (Fsp3) is 0.684. The molecular weight excluding hydrogens is 336 g/mol. The molecule has 0 unspecified atom stereocenters. The van der Waals surface area contributed by atoms with E-state index < -0.39 is 9.84 Å². The van der Waals surface area contributed by atoms with Gasteiger partial charge in [0.25, 0.3) is 0 Å². The lowest BCUT2D eigenvalue weighted by atomic mass is 9.85. The molecule has 1 saturated heterocycles. The summed E-state index contributed by atoms with van der Waals surface area (Å²) in [5.74, 6) is 0.503. The fourth-order valence-electron chi connectivity index (χ4n) is 4.18. The van der Waals surface area contributed by atoms with Crippen molar-refractivity contribution in [1.82, 2.24) is 10.4 Å². The predicted molar refractivity (Wildman–Crippen MR) is 98.8 cm³/mol. The zero-order valence-corrected chi connectivity index (χ0v) is 15.6. The van der Waals surface area contributed by atoms with E-state index in [-0.39, 0.29) is 24.4 Å². The highest BCUT2D eigenvalue weighted by molar-refractivity contribution is 7.91. The molecule has 0 amide bonds. The summed E-state index contributed by atoms with van der Waals surface area (Å²) in [6.07, 6.45) is 7.78. The summed E-state index contributed by atoms with van der Waals surface area (Å²) in [6, 6.07) is 8.77. The first kappa shape index (κ1) is 18.8. The van der Waals surface area contributed by atoms with E-state index in [2.05, 4.69) is 10.4 Å². The number of hydrogen-bond acceptors (Lipinski definition) is 5. The van der Waals surface area contributed by atoms with Crippen LogP contribution in [-0.2, 0) is 9.84 Å². The smallest absolute Gasteiger partial charge is 0.179 e. The Bertz CT molecular complexity index is 629. The van der Waals surface area contributed by atoms with Gasteiger partial charge >= 0.3 is 0 Å². The van der Waals surface area contributed by atoms with Crippen molar-refractivity contribution in [3.63, 3.8) is 0 Å². The number of aliphatic hydroxyl groups is 1. The Balaban J connectivity index is 1.76. The molecule has 140 valence electrons. The van der Waals surface area contributed by atoms with Gasteiger partial charge in [0.1, 0.15) is 0 Å². The SMILES string of the molecule is O=S(=O)(C[C@H](NN1CCC[C@H]1CO)C1CCCCC1)c1ccccc1. The largest absolute Gasteiger partial charge is 0.395 e. The lowest BCUT2D eigenvalue weighted by Crippen LogP contribution is -2.53. The van der Waals surface area contributed by atoms with Crippen molar-refractivity contribution in [2.45, 2.75) is 61.9 Å². The molecule has 0 radical (unpaired) electrons. The van der Waals surface area contributed by atoms with Crippen LogP contribution in [0.4, 0.5) is 0 Å². The van der Waals surface area contributed by atoms with Crippen LogP contribution in [0, 0.1) is 5.92 Å². The second-order valence-electron chi connectivity index (χ2n) is 7.40. The minimum absolute atomic E-state index is 0.0855. The average Bonchev–Trinajstić information content (AvgIpc) is 3.10. The molecule has 1 aromatic rings. The van der Waals surface area contributed by atoms with Crippen molar-refractivity contribution >= 4 is 9.84 Å². The van der Waals surface area contributed by atoms with Gasteiger partial charge in [0.2, 0.25) is 0 Å². The highest BCUT2D eigenvalue weighted by Crippen LogP contribution is 2.29. The number of hydrazine groups is 1. The van der Waals surface area contributed by atoms with Gasteiger partial charge in [-0.3, -0.25) is 5.43 Å². The van der Waals surface area contributed by atoms with Crippen LogP contribution in [0.15, 0.2) is 35.2 Å². The van der Waals surface area contributed by atoms with Crippen LogP contribution in [0.1, 0.15) is 44.9 Å². The molecule has 0 bridgehead atoms. The highest BCUT2D eigenvalue weighted by Gasteiger charge is 2.33. The Labute approximate surface area is 151 Å². The molecular formula is C19H30N2O3S. The number of sulfone groups is 1. The summed E-state index contributed by atoms with van der Waals surface area (Å²) in [5, 5.41) is 11.7. The molecule has 2 fully saturated rings. The molecule has 5 nitrogen and oxygen atoms in total. The first-order valence-electron chi connectivity index (χ1n) is 9.51. The molecule has 0 spiro atoms. The molecule has 2 aliphatic rings. The minimum atomic E-state index is -3.33. The average molecular weight is 367 g/mol. The normalized spacial score (nSPS) is 24.4. The van der Waals surface area contributed by atoms with E-state index >= 15 is 0 Å². The second kappa shape index (κ2) is 8.62. The lowest BCUT2D eigenvalue weighted by Gasteiger charge is -2.36. The molecule has 25 heavy (non-hydrogen) atoms. The summed E-state index contributed by atoms with van der Waals surface area (Å²) in [6.45, 7) is 0.996. The van der Waals surface area contributed by atoms with E-state index in [4.69, 9.17) is 0 Å². The Hall–Kier alpha value is -0.950. The first-order chi connectivity index (χ1) is 12.1. The number of hydrogen-bond donors (Lipinski definition) is 2. The second-order valence-corrected chi connectivity index (χ2v) is 9.43. The third-order valence-electron chi connectivity index (χ3n) is 5.64. The molecule has 6 heteroatoms. The number of nitrogens with zero attached hydrogens (tertiary/aromatic N) is 1. The maximum Gasteiger partial charge on any atom is 0.179 e. The fourth-order valence-corrected chi connectivity index (χ4v) is 5.77. The van der Waals surface area contributed by atoms with E-state index in [1.54, 1.807) is 24.3 Å².